The van der Waals surface area contributed by atoms with Gasteiger partial charge < -0.3 is 9.80 Å². The van der Waals surface area contributed by atoms with E-state index in [4.69, 9.17) is 0 Å². The van der Waals surface area contributed by atoms with E-state index in [2.05, 4.69) is 266 Å². The Balaban J connectivity index is 0.857. The molecule has 7 aromatic rings. The van der Waals surface area contributed by atoms with Crippen LogP contribution in [0, 0.1) is 11.3 Å². The molecule has 6 aliphatic rings. The first-order valence-electron chi connectivity index (χ1n) is 26.2. The maximum Gasteiger partial charge on any atom is 0.0502 e. The first-order valence-corrected chi connectivity index (χ1v) is 26.2. The standard InChI is InChI=1S/C70H64N2/c1-10-11-21-55-45(2)71(63-25-15-12-22-56(63)66(55,3)4)49-32-37-54-53-35-31-47(40-61(53)70(62(54)42-49)43-48-20-18-19-38-69(48,9)44-70)29-28-46-30-34-51-52-36-33-50(41-60(52)68(7,8)59(51)39-46)72-64-26-16-13-23-57(64)67(5,6)58-24-14-17-27-65(58)72/h10-42,48H,1,43-44H2,2-9H3. The summed E-state index contributed by atoms with van der Waals surface area (Å²) in [5.74, 6) is 0.464. The molecule has 13 rings (SSSR count). The van der Waals surface area contributed by atoms with Gasteiger partial charge in [-0.15, -0.1) is 0 Å². The summed E-state index contributed by atoms with van der Waals surface area (Å²) in [4.78, 5) is 5.00. The SMILES string of the molecule is C=CC=CC1=C(C)N(c2ccc3c(c2)C2(CC4C=CC=CC4(C)C2)c2cc(C=Cc4ccc5c(c4)C(C)(C)c4cc(N6c7ccccc7C(C)(C)c7ccccc76)ccc4-5)ccc2-3)c2ccccc2C1(C)C. The number of hydrogen-bond acceptors (Lipinski definition) is 2. The Labute approximate surface area is 427 Å². The topological polar surface area (TPSA) is 6.48 Å². The van der Waals surface area contributed by atoms with Gasteiger partial charge in [-0.25, -0.2) is 0 Å². The predicted molar refractivity (Wildman–Crippen MR) is 305 cm³/mol. The number of fused-ring (bicyclic) bond motifs is 12. The number of nitrogens with zero attached hydrogens (tertiary/aromatic N) is 2. The van der Waals surface area contributed by atoms with Crippen LogP contribution in [0.25, 0.3) is 34.4 Å². The van der Waals surface area contributed by atoms with Crippen LogP contribution >= 0.6 is 0 Å². The van der Waals surface area contributed by atoms with Crippen LogP contribution in [0.5, 0.6) is 0 Å². The maximum atomic E-state index is 4.02. The minimum Gasteiger partial charge on any atom is -0.314 e. The number of para-hydroxylation sites is 3. The fourth-order valence-electron chi connectivity index (χ4n) is 14.6. The van der Waals surface area contributed by atoms with Gasteiger partial charge in [0.1, 0.15) is 0 Å². The molecule has 3 unspecified atom stereocenters. The largest absolute Gasteiger partial charge is 0.314 e. The Morgan fingerprint density at radius 2 is 0.958 bits per heavy atom. The molecule has 7 aromatic carbocycles. The van der Waals surface area contributed by atoms with Crippen LogP contribution in [-0.4, -0.2) is 0 Å². The predicted octanol–water partition coefficient (Wildman–Crippen LogP) is 18.5. The van der Waals surface area contributed by atoms with Gasteiger partial charge in [-0.3, -0.25) is 0 Å². The van der Waals surface area contributed by atoms with Gasteiger partial charge in [0.2, 0.25) is 0 Å². The molecule has 2 nitrogen and oxygen atoms in total. The summed E-state index contributed by atoms with van der Waals surface area (Å²) in [7, 11) is 0. The van der Waals surface area contributed by atoms with Crippen LogP contribution in [0.1, 0.15) is 118 Å². The highest BCUT2D eigenvalue weighted by Gasteiger charge is 2.56. The third-order valence-corrected chi connectivity index (χ3v) is 18.3. The fourth-order valence-corrected chi connectivity index (χ4v) is 14.6. The maximum absolute atomic E-state index is 4.02. The molecule has 0 bridgehead atoms. The minimum absolute atomic E-state index is 0.0743. The van der Waals surface area contributed by atoms with E-state index in [0.29, 0.717) is 5.92 Å². The molecule has 3 atom stereocenters. The molecule has 354 valence electrons. The molecular formula is C70H64N2. The van der Waals surface area contributed by atoms with Crippen molar-refractivity contribution in [2.24, 2.45) is 11.3 Å². The minimum atomic E-state index is -0.174. The second kappa shape index (κ2) is 15.5. The molecule has 0 N–H and O–H groups in total. The summed E-state index contributed by atoms with van der Waals surface area (Å²) in [6.45, 7) is 23.0. The molecule has 4 aliphatic carbocycles. The van der Waals surface area contributed by atoms with Crippen LogP contribution < -0.4 is 9.80 Å². The zero-order valence-corrected chi connectivity index (χ0v) is 43.1. The zero-order chi connectivity index (χ0) is 49.5. The van der Waals surface area contributed by atoms with Gasteiger partial charge in [0.05, 0.1) is 11.4 Å². The first-order chi connectivity index (χ1) is 34.7. The lowest BCUT2D eigenvalue weighted by Gasteiger charge is -2.42. The first kappa shape index (κ1) is 44.5. The highest BCUT2D eigenvalue weighted by molar-refractivity contribution is 5.91. The summed E-state index contributed by atoms with van der Waals surface area (Å²) >= 11 is 0. The summed E-state index contributed by atoms with van der Waals surface area (Å²) in [5, 5.41) is 0. The van der Waals surface area contributed by atoms with Crippen LogP contribution in [-0.2, 0) is 21.7 Å². The van der Waals surface area contributed by atoms with Crippen LogP contribution in [0.2, 0.25) is 0 Å². The van der Waals surface area contributed by atoms with E-state index in [1.165, 1.54) is 112 Å². The summed E-state index contributed by atoms with van der Waals surface area (Å²) < 4.78 is 0. The van der Waals surface area contributed by atoms with Crippen molar-refractivity contribution < 1.29 is 0 Å². The molecule has 2 aliphatic heterocycles. The molecule has 2 heterocycles. The van der Waals surface area contributed by atoms with Crippen molar-refractivity contribution in [2.75, 3.05) is 9.80 Å². The van der Waals surface area contributed by atoms with Crippen LogP contribution in [0.3, 0.4) is 0 Å². The van der Waals surface area contributed by atoms with Gasteiger partial charge in [0, 0.05) is 44.4 Å². The average Bonchev–Trinajstić information content (AvgIpc) is 3.93. The number of hydrogen-bond donors (Lipinski definition) is 0. The third-order valence-electron chi connectivity index (χ3n) is 18.3. The molecule has 0 radical (unpaired) electrons. The Kier molecular flexibility index (Phi) is 9.61. The molecule has 1 spiro atoms. The van der Waals surface area contributed by atoms with E-state index in [-0.39, 0.29) is 27.1 Å². The molecule has 72 heavy (non-hydrogen) atoms. The lowest BCUT2D eigenvalue weighted by molar-refractivity contribution is 0.354. The Hall–Kier alpha value is -7.42. The molecule has 2 heteroatoms. The molecule has 1 fully saturated rings. The highest BCUT2D eigenvalue weighted by Crippen LogP contribution is 2.66. The van der Waals surface area contributed by atoms with E-state index < -0.39 is 0 Å². The van der Waals surface area contributed by atoms with Gasteiger partial charge in [0.15, 0.2) is 0 Å². The lowest BCUT2D eigenvalue weighted by Crippen LogP contribution is -2.33. The Morgan fingerprint density at radius 3 is 1.56 bits per heavy atom. The Bertz CT molecular complexity index is 3590. The number of anilines is 5. The monoisotopic (exact) mass is 933 g/mol. The van der Waals surface area contributed by atoms with E-state index in [0.717, 1.165) is 12.8 Å². The van der Waals surface area contributed by atoms with E-state index in [1.807, 2.05) is 6.08 Å². The van der Waals surface area contributed by atoms with Crippen molar-refractivity contribution >= 4 is 40.6 Å². The second-order valence-electron chi connectivity index (χ2n) is 23.4. The molecular weight excluding hydrogens is 869 g/mol. The van der Waals surface area contributed by atoms with Crippen molar-refractivity contribution in [3.05, 3.63) is 256 Å². The van der Waals surface area contributed by atoms with Gasteiger partial charge in [0.25, 0.3) is 0 Å². The Morgan fingerprint density at radius 1 is 0.486 bits per heavy atom. The van der Waals surface area contributed by atoms with Gasteiger partial charge in [-0.1, -0.05) is 213 Å². The molecule has 0 amide bonds. The second-order valence-corrected chi connectivity index (χ2v) is 23.4. The normalized spacial score (nSPS) is 22.9. The van der Waals surface area contributed by atoms with Gasteiger partial charge >= 0.3 is 0 Å². The molecule has 0 saturated heterocycles. The van der Waals surface area contributed by atoms with Crippen molar-refractivity contribution in [1.82, 2.24) is 0 Å². The molecule has 0 aromatic heterocycles. The summed E-state index contributed by atoms with van der Waals surface area (Å²) in [6, 6.07) is 55.8. The zero-order valence-electron chi connectivity index (χ0n) is 43.1. The average molecular weight is 933 g/mol. The van der Waals surface area contributed by atoms with E-state index in [1.54, 1.807) is 0 Å². The molecule has 1 saturated carbocycles. The van der Waals surface area contributed by atoms with Crippen molar-refractivity contribution in [3.63, 3.8) is 0 Å². The third kappa shape index (κ3) is 6.20. The van der Waals surface area contributed by atoms with Crippen molar-refractivity contribution in [2.45, 2.75) is 89.9 Å². The smallest absolute Gasteiger partial charge is 0.0502 e. The number of benzene rings is 7. The summed E-state index contributed by atoms with van der Waals surface area (Å²) in [6.07, 6.45) is 22.6. The van der Waals surface area contributed by atoms with Gasteiger partial charge in [-0.2, -0.15) is 0 Å². The fraction of sp³-hybridized carbons (Fsp3) is 0.229. The van der Waals surface area contributed by atoms with E-state index >= 15 is 0 Å². The van der Waals surface area contributed by atoms with Crippen molar-refractivity contribution in [3.8, 4) is 22.3 Å². The highest BCUT2D eigenvalue weighted by atomic mass is 15.2. The van der Waals surface area contributed by atoms with Crippen LogP contribution in [0.15, 0.2) is 206 Å². The van der Waals surface area contributed by atoms with Gasteiger partial charge in [-0.05, 0) is 151 Å². The lowest BCUT2D eigenvalue weighted by atomic mass is 9.72. The van der Waals surface area contributed by atoms with E-state index in [9.17, 15) is 0 Å². The quantitative estimate of drug-likeness (QED) is 0.121. The van der Waals surface area contributed by atoms with Crippen LogP contribution in [0.4, 0.5) is 28.4 Å². The summed E-state index contributed by atoms with van der Waals surface area (Å²) in [5.41, 5.74) is 25.9. The number of rotatable bonds is 6. The van der Waals surface area contributed by atoms with Crippen molar-refractivity contribution in [1.29, 1.82) is 0 Å². The number of allylic oxidation sites excluding steroid dienone is 9.